The topological polar surface area (TPSA) is 69.6 Å². The summed E-state index contributed by atoms with van der Waals surface area (Å²) in [6.45, 7) is 5.27. The Morgan fingerprint density at radius 1 is 1.32 bits per heavy atom. The molecule has 0 bridgehead atoms. The summed E-state index contributed by atoms with van der Waals surface area (Å²) in [6, 6.07) is 0.127. The van der Waals surface area contributed by atoms with Gasteiger partial charge in [-0.2, -0.15) is 0 Å². The molecule has 0 aromatic carbocycles. The molecule has 0 spiro atoms. The fourth-order valence-corrected chi connectivity index (χ4v) is 3.04. The van der Waals surface area contributed by atoms with E-state index < -0.39 is 11.4 Å². The first kappa shape index (κ1) is 14.2. The Hall–Kier alpha value is -1.26. The molecule has 2 fully saturated rings. The number of amides is 2. The second-order valence-corrected chi connectivity index (χ2v) is 6.15. The van der Waals surface area contributed by atoms with Crippen LogP contribution >= 0.6 is 0 Å². The van der Waals surface area contributed by atoms with E-state index >= 15 is 0 Å². The van der Waals surface area contributed by atoms with Crippen molar-refractivity contribution in [1.82, 2.24) is 10.2 Å². The molecule has 1 aliphatic heterocycles. The molecule has 0 radical (unpaired) electrons. The number of likely N-dealkylation sites (tertiary alicyclic amines) is 1. The maximum absolute atomic E-state index is 12.2. The monoisotopic (exact) mass is 268 g/mol. The maximum atomic E-state index is 12.2. The third-order valence-electron chi connectivity index (χ3n) is 4.98. The second-order valence-electron chi connectivity index (χ2n) is 6.15. The first-order valence-corrected chi connectivity index (χ1v) is 7.24. The number of hydrogen-bond acceptors (Lipinski definition) is 2. The highest BCUT2D eigenvalue weighted by Gasteiger charge is 2.44. The normalized spacial score (nSPS) is 29.5. The smallest absolute Gasteiger partial charge is 0.317 e. The highest BCUT2D eigenvalue weighted by atomic mass is 16.4. The molecule has 2 unspecified atom stereocenters. The van der Waals surface area contributed by atoms with Crippen LogP contribution in [0, 0.1) is 11.3 Å². The minimum absolute atomic E-state index is 0.105. The number of carbonyl (C=O) groups is 2. The molecule has 1 saturated heterocycles. The highest BCUT2D eigenvalue weighted by molar-refractivity contribution is 5.79. The van der Waals surface area contributed by atoms with Crippen molar-refractivity contribution < 1.29 is 14.7 Å². The summed E-state index contributed by atoms with van der Waals surface area (Å²) in [7, 11) is 0. The SMILES string of the molecule is CC1CCCN(C(=O)NCC2(C(=O)O)CCC2)C1C. The molecule has 5 heteroatoms. The van der Waals surface area contributed by atoms with Crippen LogP contribution in [0.25, 0.3) is 0 Å². The molecule has 2 N–H and O–H groups in total. The molecule has 2 rings (SSSR count). The lowest BCUT2D eigenvalue weighted by Gasteiger charge is -2.41. The van der Waals surface area contributed by atoms with Crippen LogP contribution in [0.3, 0.4) is 0 Å². The molecule has 108 valence electrons. The Kier molecular flexibility index (Phi) is 4.02. The van der Waals surface area contributed by atoms with Crippen molar-refractivity contribution in [1.29, 1.82) is 0 Å². The Morgan fingerprint density at radius 3 is 2.53 bits per heavy atom. The molecule has 2 amide bonds. The lowest BCUT2D eigenvalue weighted by atomic mass is 9.69. The molecule has 5 nitrogen and oxygen atoms in total. The van der Waals surface area contributed by atoms with Gasteiger partial charge in [-0.15, -0.1) is 0 Å². The summed E-state index contributed by atoms with van der Waals surface area (Å²) < 4.78 is 0. The van der Waals surface area contributed by atoms with Gasteiger partial charge in [0.1, 0.15) is 0 Å². The Bertz CT molecular complexity index is 366. The number of rotatable bonds is 3. The number of nitrogens with one attached hydrogen (secondary N) is 1. The number of carboxylic acids is 1. The summed E-state index contributed by atoms with van der Waals surface area (Å²) in [4.78, 5) is 25.3. The van der Waals surface area contributed by atoms with E-state index in [1.807, 2.05) is 4.90 Å². The van der Waals surface area contributed by atoms with Gasteiger partial charge in [0.25, 0.3) is 0 Å². The zero-order valence-corrected chi connectivity index (χ0v) is 11.8. The summed E-state index contributed by atoms with van der Waals surface area (Å²) in [5, 5.41) is 12.1. The van der Waals surface area contributed by atoms with Crippen LogP contribution < -0.4 is 5.32 Å². The van der Waals surface area contributed by atoms with E-state index in [0.29, 0.717) is 18.8 Å². The zero-order chi connectivity index (χ0) is 14.0. The molecule has 19 heavy (non-hydrogen) atoms. The second kappa shape index (κ2) is 5.39. The fraction of sp³-hybridized carbons (Fsp3) is 0.857. The van der Waals surface area contributed by atoms with Gasteiger partial charge >= 0.3 is 12.0 Å². The Labute approximate surface area is 114 Å². The van der Waals surface area contributed by atoms with Crippen LogP contribution in [0.5, 0.6) is 0 Å². The van der Waals surface area contributed by atoms with E-state index in [-0.39, 0.29) is 18.6 Å². The predicted octanol–water partition coefficient (Wildman–Crippen LogP) is 2.07. The maximum Gasteiger partial charge on any atom is 0.317 e. The average Bonchev–Trinajstić information content (AvgIpc) is 2.30. The van der Waals surface area contributed by atoms with Crippen molar-refractivity contribution in [3.63, 3.8) is 0 Å². The van der Waals surface area contributed by atoms with Crippen LogP contribution in [0.2, 0.25) is 0 Å². The summed E-state index contributed by atoms with van der Waals surface area (Å²) >= 11 is 0. The lowest BCUT2D eigenvalue weighted by molar-refractivity contribution is -0.153. The van der Waals surface area contributed by atoms with Crippen LogP contribution in [-0.4, -0.2) is 41.1 Å². The van der Waals surface area contributed by atoms with Crippen molar-refractivity contribution in [3.8, 4) is 0 Å². The lowest BCUT2D eigenvalue weighted by Crippen LogP contribution is -2.54. The number of urea groups is 1. The molecular weight excluding hydrogens is 244 g/mol. The van der Waals surface area contributed by atoms with Gasteiger partial charge in [0.05, 0.1) is 5.41 Å². The fourth-order valence-electron chi connectivity index (χ4n) is 3.04. The predicted molar refractivity (Wildman–Crippen MR) is 71.9 cm³/mol. The quantitative estimate of drug-likeness (QED) is 0.823. The van der Waals surface area contributed by atoms with E-state index in [0.717, 1.165) is 25.8 Å². The van der Waals surface area contributed by atoms with Crippen molar-refractivity contribution in [2.45, 2.75) is 52.0 Å². The molecule has 2 aliphatic rings. The van der Waals surface area contributed by atoms with E-state index in [4.69, 9.17) is 0 Å². The van der Waals surface area contributed by atoms with Crippen molar-refractivity contribution in [2.24, 2.45) is 11.3 Å². The summed E-state index contributed by atoms with van der Waals surface area (Å²) in [6.07, 6.45) is 4.48. The third-order valence-corrected chi connectivity index (χ3v) is 4.98. The van der Waals surface area contributed by atoms with Gasteiger partial charge in [0.15, 0.2) is 0 Å². The van der Waals surface area contributed by atoms with Crippen LogP contribution in [0.15, 0.2) is 0 Å². The van der Waals surface area contributed by atoms with E-state index in [9.17, 15) is 14.7 Å². The number of aliphatic carboxylic acids is 1. The molecular formula is C14H24N2O3. The Balaban J connectivity index is 1.89. The van der Waals surface area contributed by atoms with Gasteiger partial charge in [-0.1, -0.05) is 13.3 Å². The minimum Gasteiger partial charge on any atom is -0.481 e. The van der Waals surface area contributed by atoms with Crippen LogP contribution in [-0.2, 0) is 4.79 Å². The van der Waals surface area contributed by atoms with Crippen molar-refractivity contribution >= 4 is 12.0 Å². The van der Waals surface area contributed by atoms with Gasteiger partial charge in [0.2, 0.25) is 0 Å². The average molecular weight is 268 g/mol. The number of piperidine rings is 1. The zero-order valence-electron chi connectivity index (χ0n) is 11.8. The van der Waals surface area contributed by atoms with Gasteiger partial charge in [-0.25, -0.2) is 4.79 Å². The Morgan fingerprint density at radius 2 is 2.00 bits per heavy atom. The molecule has 0 aromatic heterocycles. The first-order chi connectivity index (χ1) is 8.96. The number of hydrogen-bond donors (Lipinski definition) is 2. The third kappa shape index (κ3) is 2.69. The van der Waals surface area contributed by atoms with Gasteiger partial charge in [0, 0.05) is 19.1 Å². The van der Waals surface area contributed by atoms with Gasteiger partial charge in [-0.3, -0.25) is 4.79 Å². The number of nitrogens with zero attached hydrogens (tertiary/aromatic N) is 1. The highest BCUT2D eigenvalue weighted by Crippen LogP contribution is 2.40. The molecule has 1 saturated carbocycles. The van der Waals surface area contributed by atoms with E-state index in [1.165, 1.54) is 0 Å². The molecule has 2 atom stereocenters. The standard InChI is InChI=1S/C14H24N2O3/c1-10-5-3-8-16(11(10)2)13(19)15-9-14(12(17)18)6-4-7-14/h10-11H,3-9H2,1-2H3,(H,15,19)(H,17,18). The van der Waals surface area contributed by atoms with Crippen molar-refractivity contribution in [2.75, 3.05) is 13.1 Å². The van der Waals surface area contributed by atoms with Crippen LogP contribution in [0.4, 0.5) is 4.79 Å². The molecule has 1 aliphatic carbocycles. The number of carboxylic acid groups (broad SMARTS) is 1. The first-order valence-electron chi connectivity index (χ1n) is 7.24. The summed E-state index contributed by atoms with van der Waals surface area (Å²) in [5.41, 5.74) is -0.708. The van der Waals surface area contributed by atoms with Gasteiger partial charge in [-0.05, 0) is 38.5 Å². The molecule has 0 aromatic rings. The van der Waals surface area contributed by atoms with E-state index in [1.54, 1.807) is 0 Å². The van der Waals surface area contributed by atoms with Crippen LogP contribution in [0.1, 0.15) is 46.0 Å². The van der Waals surface area contributed by atoms with E-state index in [2.05, 4.69) is 19.2 Å². The molecule has 1 heterocycles. The minimum atomic E-state index is -0.779. The number of carbonyl (C=O) groups excluding carboxylic acids is 1. The van der Waals surface area contributed by atoms with Gasteiger partial charge < -0.3 is 15.3 Å². The largest absolute Gasteiger partial charge is 0.481 e. The summed E-state index contributed by atoms with van der Waals surface area (Å²) in [5.74, 6) is -0.268. The van der Waals surface area contributed by atoms with Crippen molar-refractivity contribution in [3.05, 3.63) is 0 Å².